The largest absolute Gasteiger partial charge is 0.497 e. The molecular weight excluding hydrogens is 448 g/mol. The summed E-state index contributed by atoms with van der Waals surface area (Å²) in [5.41, 5.74) is 3.26. The highest BCUT2D eigenvalue weighted by atomic mass is 79.9. The van der Waals surface area contributed by atoms with E-state index in [1.165, 1.54) is 0 Å². The number of hydrogen-bond acceptors (Lipinski definition) is 5. The number of carbonyl (C=O) groups is 1. The smallest absolute Gasteiger partial charge is 0.279 e. The highest BCUT2D eigenvalue weighted by molar-refractivity contribution is 9.10. The Morgan fingerprint density at radius 2 is 1.80 bits per heavy atom. The molecule has 2 aromatic carbocycles. The predicted octanol–water partition coefficient (Wildman–Crippen LogP) is 4.09. The average molecular weight is 467 g/mol. The fourth-order valence-electron chi connectivity index (χ4n) is 3.08. The minimum atomic E-state index is -0.358. The number of methoxy groups -OCH3 is 1. The van der Waals surface area contributed by atoms with E-state index in [2.05, 4.69) is 36.7 Å². The number of ether oxygens (including phenoxy) is 1. The second kappa shape index (κ2) is 8.11. The number of halogens is 1. The SMILES string of the molecule is COc1ccc(-n2nnc(C(=O)Nc3cc(C)nn3-c3cccc(Br)c3)c2C)cc1. The molecule has 4 rings (SSSR count). The van der Waals surface area contributed by atoms with Crippen molar-refractivity contribution in [3.63, 3.8) is 0 Å². The van der Waals surface area contributed by atoms with Crippen molar-refractivity contribution in [2.75, 3.05) is 12.4 Å². The highest BCUT2D eigenvalue weighted by Gasteiger charge is 2.20. The average Bonchev–Trinajstić information content (AvgIpc) is 3.30. The third-order valence-electron chi connectivity index (χ3n) is 4.55. The first-order chi connectivity index (χ1) is 14.5. The van der Waals surface area contributed by atoms with Crippen molar-refractivity contribution in [1.29, 1.82) is 0 Å². The van der Waals surface area contributed by atoms with Crippen molar-refractivity contribution in [2.45, 2.75) is 13.8 Å². The van der Waals surface area contributed by atoms with Gasteiger partial charge in [-0.1, -0.05) is 27.2 Å². The quantitative estimate of drug-likeness (QED) is 0.478. The lowest BCUT2D eigenvalue weighted by molar-refractivity contribution is 0.102. The van der Waals surface area contributed by atoms with Crippen LogP contribution in [0.5, 0.6) is 5.75 Å². The molecule has 0 bridgehead atoms. The number of nitrogens with one attached hydrogen (secondary N) is 1. The van der Waals surface area contributed by atoms with Crippen molar-refractivity contribution in [2.24, 2.45) is 0 Å². The maximum absolute atomic E-state index is 12.9. The lowest BCUT2D eigenvalue weighted by Crippen LogP contribution is -2.17. The van der Waals surface area contributed by atoms with Gasteiger partial charge in [0.15, 0.2) is 5.69 Å². The molecule has 0 aliphatic heterocycles. The molecule has 0 spiro atoms. The normalized spacial score (nSPS) is 10.8. The molecule has 0 aliphatic carbocycles. The zero-order chi connectivity index (χ0) is 21.3. The fraction of sp³-hybridized carbons (Fsp3) is 0.143. The molecule has 1 amide bonds. The number of carbonyl (C=O) groups excluding carboxylic acids is 1. The van der Waals surface area contributed by atoms with E-state index in [0.717, 1.165) is 27.3 Å². The summed E-state index contributed by atoms with van der Waals surface area (Å²) >= 11 is 3.46. The van der Waals surface area contributed by atoms with E-state index >= 15 is 0 Å². The van der Waals surface area contributed by atoms with Crippen LogP contribution in [-0.4, -0.2) is 37.8 Å². The number of aryl methyl sites for hydroxylation is 1. The molecule has 9 heteroatoms. The number of aromatic nitrogens is 5. The first-order valence-corrected chi connectivity index (χ1v) is 9.96. The Kier molecular flexibility index (Phi) is 5.37. The van der Waals surface area contributed by atoms with Crippen LogP contribution in [0.2, 0.25) is 0 Å². The zero-order valence-corrected chi connectivity index (χ0v) is 18.2. The lowest BCUT2D eigenvalue weighted by atomic mass is 10.2. The summed E-state index contributed by atoms with van der Waals surface area (Å²) in [6, 6.07) is 16.9. The van der Waals surface area contributed by atoms with Crippen molar-refractivity contribution >= 4 is 27.7 Å². The Bertz CT molecular complexity index is 1210. The van der Waals surface area contributed by atoms with Crippen LogP contribution in [-0.2, 0) is 0 Å². The van der Waals surface area contributed by atoms with E-state index in [4.69, 9.17) is 4.74 Å². The van der Waals surface area contributed by atoms with Crippen LogP contribution in [0.4, 0.5) is 5.82 Å². The van der Waals surface area contributed by atoms with E-state index in [9.17, 15) is 4.79 Å². The zero-order valence-electron chi connectivity index (χ0n) is 16.6. The summed E-state index contributed by atoms with van der Waals surface area (Å²) in [4.78, 5) is 12.9. The Hall–Kier alpha value is -3.46. The molecule has 0 fully saturated rings. The summed E-state index contributed by atoms with van der Waals surface area (Å²) < 4.78 is 9.40. The van der Waals surface area contributed by atoms with Gasteiger partial charge in [0, 0.05) is 10.5 Å². The predicted molar refractivity (Wildman–Crippen MR) is 117 cm³/mol. The molecule has 0 saturated carbocycles. The molecule has 0 radical (unpaired) electrons. The molecule has 1 N–H and O–H groups in total. The number of hydrogen-bond donors (Lipinski definition) is 1. The van der Waals surface area contributed by atoms with Gasteiger partial charge >= 0.3 is 0 Å². The molecule has 0 atom stereocenters. The fourth-order valence-corrected chi connectivity index (χ4v) is 3.46. The van der Waals surface area contributed by atoms with E-state index in [0.29, 0.717) is 11.5 Å². The minimum Gasteiger partial charge on any atom is -0.497 e. The Morgan fingerprint density at radius 1 is 1.03 bits per heavy atom. The molecular formula is C21H19BrN6O2. The van der Waals surface area contributed by atoms with Gasteiger partial charge in [0.25, 0.3) is 5.91 Å². The van der Waals surface area contributed by atoms with Gasteiger partial charge in [-0.3, -0.25) is 4.79 Å². The van der Waals surface area contributed by atoms with Gasteiger partial charge in [0.2, 0.25) is 0 Å². The van der Waals surface area contributed by atoms with Gasteiger partial charge in [-0.25, -0.2) is 9.36 Å². The van der Waals surface area contributed by atoms with Crippen LogP contribution >= 0.6 is 15.9 Å². The van der Waals surface area contributed by atoms with Gasteiger partial charge in [-0.05, 0) is 56.3 Å². The van der Waals surface area contributed by atoms with Crippen LogP contribution < -0.4 is 10.1 Å². The summed E-state index contributed by atoms with van der Waals surface area (Å²) in [6.45, 7) is 3.67. The van der Waals surface area contributed by atoms with E-state index in [1.54, 1.807) is 23.4 Å². The maximum Gasteiger partial charge on any atom is 0.279 e. The standard InChI is InChI=1S/C21H19BrN6O2/c1-13-11-19(28(25-13)17-6-4-5-15(22)12-17)23-21(29)20-14(2)27(26-24-20)16-7-9-18(30-3)10-8-16/h4-12H,1-3H3,(H,23,29). The number of amides is 1. The van der Waals surface area contributed by atoms with E-state index in [-0.39, 0.29) is 11.6 Å². The Labute approximate surface area is 181 Å². The molecule has 30 heavy (non-hydrogen) atoms. The van der Waals surface area contributed by atoms with Gasteiger partial charge in [-0.15, -0.1) is 5.10 Å². The van der Waals surface area contributed by atoms with Gasteiger partial charge in [0.1, 0.15) is 11.6 Å². The van der Waals surface area contributed by atoms with Crippen LogP contribution in [0.1, 0.15) is 21.9 Å². The van der Waals surface area contributed by atoms with Crippen LogP contribution in [0, 0.1) is 13.8 Å². The molecule has 8 nitrogen and oxygen atoms in total. The summed E-state index contributed by atoms with van der Waals surface area (Å²) in [7, 11) is 1.61. The Morgan fingerprint density at radius 3 is 2.50 bits per heavy atom. The summed E-state index contributed by atoms with van der Waals surface area (Å²) in [6.07, 6.45) is 0. The van der Waals surface area contributed by atoms with Crippen molar-refractivity contribution < 1.29 is 9.53 Å². The molecule has 2 aromatic heterocycles. The van der Waals surface area contributed by atoms with Crippen LogP contribution in [0.25, 0.3) is 11.4 Å². The van der Waals surface area contributed by atoms with Gasteiger partial charge < -0.3 is 10.1 Å². The monoisotopic (exact) mass is 466 g/mol. The highest BCUT2D eigenvalue weighted by Crippen LogP contribution is 2.22. The second-order valence-corrected chi connectivity index (χ2v) is 7.57. The molecule has 0 saturated heterocycles. The summed E-state index contributed by atoms with van der Waals surface area (Å²) in [5, 5.41) is 15.6. The number of benzene rings is 2. The van der Waals surface area contributed by atoms with Gasteiger partial charge in [-0.2, -0.15) is 5.10 Å². The topological polar surface area (TPSA) is 86.9 Å². The van der Waals surface area contributed by atoms with Crippen LogP contribution in [0.15, 0.2) is 59.1 Å². The number of rotatable bonds is 5. The third kappa shape index (κ3) is 3.84. The lowest BCUT2D eigenvalue weighted by Gasteiger charge is -2.09. The van der Waals surface area contributed by atoms with E-state index in [1.807, 2.05) is 61.5 Å². The Balaban J connectivity index is 1.62. The third-order valence-corrected chi connectivity index (χ3v) is 5.05. The van der Waals surface area contributed by atoms with Crippen molar-refractivity contribution in [3.8, 4) is 17.1 Å². The molecule has 2 heterocycles. The molecule has 0 aliphatic rings. The van der Waals surface area contributed by atoms with Gasteiger partial charge in [0.05, 0.1) is 29.9 Å². The van der Waals surface area contributed by atoms with E-state index < -0.39 is 0 Å². The minimum absolute atomic E-state index is 0.241. The van der Waals surface area contributed by atoms with Crippen molar-refractivity contribution in [1.82, 2.24) is 24.8 Å². The first kappa shape index (κ1) is 19.8. The van der Waals surface area contributed by atoms with Crippen molar-refractivity contribution in [3.05, 3.63) is 76.2 Å². The summed E-state index contributed by atoms with van der Waals surface area (Å²) in [5.74, 6) is 0.933. The maximum atomic E-state index is 12.9. The first-order valence-electron chi connectivity index (χ1n) is 9.17. The second-order valence-electron chi connectivity index (χ2n) is 6.65. The number of nitrogens with zero attached hydrogens (tertiary/aromatic N) is 5. The molecule has 4 aromatic rings. The molecule has 0 unspecified atom stereocenters. The number of anilines is 1. The van der Waals surface area contributed by atoms with Crippen LogP contribution in [0.3, 0.4) is 0 Å². The molecule has 152 valence electrons.